The lowest BCUT2D eigenvalue weighted by Crippen LogP contribution is -2.29. The van der Waals surface area contributed by atoms with E-state index < -0.39 is 0 Å². The molecule has 0 radical (unpaired) electrons. The van der Waals surface area contributed by atoms with E-state index in [1.54, 1.807) is 6.08 Å². The van der Waals surface area contributed by atoms with E-state index in [0.29, 0.717) is 5.57 Å². The fourth-order valence-electron chi connectivity index (χ4n) is 1.89. The van der Waals surface area contributed by atoms with Crippen LogP contribution in [0, 0.1) is 5.92 Å². The topological polar surface area (TPSA) is 75.4 Å². The monoisotopic (exact) mass is 206 g/mol. The van der Waals surface area contributed by atoms with Crippen molar-refractivity contribution >= 4 is 5.78 Å². The lowest BCUT2D eigenvalue weighted by Gasteiger charge is -2.18. The number of rotatable bonds is 3. The molecule has 2 rings (SSSR count). The Morgan fingerprint density at radius 2 is 2.33 bits per heavy atom. The van der Waals surface area contributed by atoms with Crippen molar-refractivity contribution in [1.82, 2.24) is 5.32 Å². The first kappa shape index (κ1) is 10.1. The Labute approximate surface area is 88.2 Å². The molecule has 0 aromatic carbocycles. The highest BCUT2D eigenvalue weighted by molar-refractivity contribution is 5.99. The second-order valence-corrected chi connectivity index (χ2v) is 3.71. The number of nitrogens with two attached hydrogens (primary N) is 1. The number of nitrogens with one attached hydrogen (secondary N) is 1. The Balaban J connectivity index is 2.18. The molecule has 15 heavy (non-hydrogen) atoms. The quantitative estimate of drug-likeness (QED) is 0.580. The maximum Gasteiger partial charge on any atom is 0.176 e. The zero-order chi connectivity index (χ0) is 10.8. The summed E-state index contributed by atoms with van der Waals surface area (Å²) in [7, 11) is 0. The summed E-state index contributed by atoms with van der Waals surface area (Å²) in [5, 5.41) is 12.1. The Bertz CT molecular complexity index is 369. The lowest BCUT2D eigenvalue weighted by molar-refractivity contribution is -0.114. The second-order valence-electron chi connectivity index (χ2n) is 3.71. The number of carbonyl (C=O) groups is 1. The summed E-state index contributed by atoms with van der Waals surface area (Å²) < 4.78 is 0. The number of fused-ring (bicyclic) bond motifs is 1. The van der Waals surface area contributed by atoms with Gasteiger partial charge in [0.2, 0.25) is 0 Å². The van der Waals surface area contributed by atoms with Crippen LogP contribution in [0.1, 0.15) is 0 Å². The van der Waals surface area contributed by atoms with Crippen LogP contribution in [-0.2, 0) is 4.79 Å². The molecule has 2 unspecified atom stereocenters. The Morgan fingerprint density at radius 3 is 3.00 bits per heavy atom. The van der Waals surface area contributed by atoms with E-state index in [1.807, 2.05) is 18.2 Å². The summed E-state index contributed by atoms with van der Waals surface area (Å²) in [4.78, 5) is 11.4. The average molecular weight is 206 g/mol. The predicted molar refractivity (Wildman–Crippen MR) is 56.9 cm³/mol. The molecule has 80 valence electrons. The summed E-state index contributed by atoms with van der Waals surface area (Å²) in [6, 6.07) is 0.168. The molecule has 0 amide bonds. The van der Waals surface area contributed by atoms with Crippen LogP contribution in [0.25, 0.3) is 0 Å². The van der Waals surface area contributed by atoms with Gasteiger partial charge in [-0.25, -0.2) is 0 Å². The second kappa shape index (κ2) is 4.00. The van der Waals surface area contributed by atoms with E-state index in [0.717, 1.165) is 5.70 Å². The van der Waals surface area contributed by atoms with Gasteiger partial charge in [-0.2, -0.15) is 0 Å². The first-order valence-electron chi connectivity index (χ1n) is 4.96. The van der Waals surface area contributed by atoms with Gasteiger partial charge in [0.05, 0.1) is 19.2 Å². The third kappa shape index (κ3) is 1.86. The molecule has 0 saturated heterocycles. The van der Waals surface area contributed by atoms with Gasteiger partial charge in [0.15, 0.2) is 5.78 Å². The van der Waals surface area contributed by atoms with Crippen molar-refractivity contribution in [2.75, 3.05) is 13.2 Å². The van der Waals surface area contributed by atoms with Crippen molar-refractivity contribution in [3.05, 3.63) is 35.6 Å². The minimum atomic E-state index is -0.0458. The molecule has 4 N–H and O–H groups in total. The summed E-state index contributed by atoms with van der Waals surface area (Å²) in [6.45, 7) is 0.0480. The molecule has 4 heteroatoms. The van der Waals surface area contributed by atoms with Gasteiger partial charge < -0.3 is 16.2 Å². The number of ketones is 1. The van der Waals surface area contributed by atoms with Crippen LogP contribution >= 0.6 is 0 Å². The standard InChI is InChI=1S/C11H14N2O2/c12-5-11(15)7-1-2-10-8(3-7)4-9(6-14)13-10/h1-4,8,10,13-14H,5-6,12H2. The van der Waals surface area contributed by atoms with Crippen molar-refractivity contribution in [2.45, 2.75) is 6.04 Å². The third-order valence-electron chi connectivity index (χ3n) is 2.69. The van der Waals surface area contributed by atoms with E-state index >= 15 is 0 Å². The molecule has 0 spiro atoms. The van der Waals surface area contributed by atoms with Gasteiger partial charge in [-0.05, 0) is 0 Å². The number of aliphatic hydroxyl groups is 1. The number of allylic oxidation sites excluding steroid dienone is 1. The van der Waals surface area contributed by atoms with Crippen LogP contribution in [0.15, 0.2) is 35.6 Å². The Kier molecular flexibility index (Phi) is 2.70. The third-order valence-corrected chi connectivity index (χ3v) is 2.69. The summed E-state index contributed by atoms with van der Waals surface area (Å²) in [5.41, 5.74) is 6.77. The van der Waals surface area contributed by atoms with Gasteiger partial charge in [0.1, 0.15) is 0 Å². The zero-order valence-corrected chi connectivity index (χ0v) is 8.31. The van der Waals surface area contributed by atoms with Gasteiger partial charge in [0, 0.05) is 17.2 Å². The fraction of sp³-hybridized carbons (Fsp3) is 0.364. The summed E-state index contributed by atoms with van der Waals surface area (Å²) >= 11 is 0. The summed E-state index contributed by atoms with van der Waals surface area (Å²) in [5.74, 6) is 0.109. The summed E-state index contributed by atoms with van der Waals surface area (Å²) in [6.07, 6.45) is 7.57. The van der Waals surface area contributed by atoms with E-state index in [2.05, 4.69) is 5.32 Å². The molecule has 0 aromatic rings. The number of aliphatic hydroxyl groups excluding tert-OH is 1. The number of carbonyl (C=O) groups excluding carboxylic acids is 1. The molecular formula is C11H14N2O2. The van der Waals surface area contributed by atoms with Crippen molar-refractivity contribution in [1.29, 1.82) is 0 Å². The van der Waals surface area contributed by atoms with Crippen molar-refractivity contribution < 1.29 is 9.90 Å². The van der Waals surface area contributed by atoms with Crippen LogP contribution < -0.4 is 11.1 Å². The van der Waals surface area contributed by atoms with E-state index in [4.69, 9.17) is 10.8 Å². The highest BCUT2D eigenvalue weighted by Gasteiger charge is 2.26. The highest BCUT2D eigenvalue weighted by atomic mass is 16.3. The average Bonchev–Trinajstić information content (AvgIpc) is 2.69. The lowest BCUT2D eigenvalue weighted by atomic mass is 9.92. The van der Waals surface area contributed by atoms with Crippen LogP contribution in [-0.4, -0.2) is 30.1 Å². The smallest absolute Gasteiger partial charge is 0.176 e. The molecule has 2 atom stereocenters. The zero-order valence-electron chi connectivity index (χ0n) is 8.31. The molecule has 4 nitrogen and oxygen atoms in total. The van der Waals surface area contributed by atoms with Gasteiger partial charge in [-0.1, -0.05) is 24.3 Å². The van der Waals surface area contributed by atoms with Gasteiger partial charge in [0.25, 0.3) is 0 Å². The molecule has 0 fully saturated rings. The number of hydrogen-bond acceptors (Lipinski definition) is 4. The first-order chi connectivity index (χ1) is 7.24. The highest BCUT2D eigenvalue weighted by Crippen LogP contribution is 2.25. The van der Waals surface area contributed by atoms with E-state index in [9.17, 15) is 4.79 Å². The molecule has 2 aliphatic rings. The predicted octanol–water partition coefficient (Wildman–Crippen LogP) is -0.525. The molecule has 0 aromatic heterocycles. The fourth-order valence-corrected chi connectivity index (χ4v) is 1.89. The maximum atomic E-state index is 11.4. The Hall–Kier alpha value is -1.39. The van der Waals surface area contributed by atoms with Crippen molar-refractivity contribution in [3.63, 3.8) is 0 Å². The SMILES string of the molecule is NCC(=O)C1=CC2C=C(CO)NC2C=C1. The normalized spacial score (nSPS) is 27.9. The molecular weight excluding hydrogens is 192 g/mol. The molecule has 1 aliphatic heterocycles. The van der Waals surface area contributed by atoms with Crippen molar-refractivity contribution in [3.8, 4) is 0 Å². The minimum absolute atomic E-state index is 0.00878. The van der Waals surface area contributed by atoms with Crippen LogP contribution in [0.3, 0.4) is 0 Å². The van der Waals surface area contributed by atoms with Gasteiger partial charge in [-0.3, -0.25) is 4.79 Å². The first-order valence-corrected chi connectivity index (χ1v) is 4.96. The molecule has 1 heterocycles. The molecule has 0 saturated carbocycles. The largest absolute Gasteiger partial charge is 0.390 e. The molecule has 1 aliphatic carbocycles. The van der Waals surface area contributed by atoms with Crippen LogP contribution in [0.5, 0.6) is 0 Å². The van der Waals surface area contributed by atoms with Crippen molar-refractivity contribution in [2.24, 2.45) is 11.7 Å². The van der Waals surface area contributed by atoms with E-state index in [1.165, 1.54) is 0 Å². The molecule has 0 bridgehead atoms. The van der Waals surface area contributed by atoms with Gasteiger partial charge >= 0.3 is 0 Å². The number of Topliss-reactive ketones (excluding diaryl/α,β-unsaturated/α-hetero) is 1. The number of hydrogen-bond donors (Lipinski definition) is 3. The van der Waals surface area contributed by atoms with Crippen LogP contribution in [0.2, 0.25) is 0 Å². The van der Waals surface area contributed by atoms with Crippen LogP contribution in [0.4, 0.5) is 0 Å². The van der Waals surface area contributed by atoms with E-state index in [-0.39, 0.29) is 30.9 Å². The van der Waals surface area contributed by atoms with Gasteiger partial charge in [-0.15, -0.1) is 0 Å². The maximum absolute atomic E-state index is 11.4. The Morgan fingerprint density at radius 1 is 1.53 bits per heavy atom. The minimum Gasteiger partial charge on any atom is -0.390 e.